The van der Waals surface area contributed by atoms with Crippen LogP contribution < -0.4 is 15.4 Å². The third-order valence-electron chi connectivity index (χ3n) is 3.27. The SMILES string of the molecule is CNC1C(=O)Nc2cc(Oc3cc(F)ccc3Br)ccc21. The van der Waals surface area contributed by atoms with Crippen LogP contribution in [0.5, 0.6) is 11.5 Å². The van der Waals surface area contributed by atoms with E-state index < -0.39 is 0 Å². The fourth-order valence-electron chi connectivity index (χ4n) is 2.27. The minimum absolute atomic E-state index is 0.100. The number of ether oxygens (including phenoxy) is 1. The molecule has 6 heteroatoms. The molecule has 0 aromatic heterocycles. The first-order valence-electron chi connectivity index (χ1n) is 6.33. The topological polar surface area (TPSA) is 50.4 Å². The van der Waals surface area contributed by atoms with Crippen LogP contribution in [-0.2, 0) is 4.79 Å². The molecular weight excluding hydrogens is 339 g/mol. The van der Waals surface area contributed by atoms with Gasteiger partial charge in [0.2, 0.25) is 5.91 Å². The van der Waals surface area contributed by atoms with Crippen LogP contribution in [0.4, 0.5) is 10.1 Å². The highest BCUT2D eigenvalue weighted by Gasteiger charge is 2.29. The normalized spacial score (nSPS) is 16.5. The van der Waals surface area contributed by atoms with E-state index in [0.29, 0.717) is 21.7 Å². The Morgan fingerprint density at radius 3 is 2.86 bits per heavy atom. The number of nitrogens with one attached hydrogen (secondary N) is 2. The van der Waals surface area contributed by atoms with Crippen LogP contribution in [-0.4, -0.2) is 13.0 Å². The Morgan fingerprint density at radius 2 is 2.10 bits per heavy atom. The maximum Gasteiger partial charge on any atom is 0.246 e. The summed E-state index contributed by atoms with van der Waals surface area (Å²) in [5, 5.41) is 5.73. The van der Waals surface area contributed by atoms with Crippen LogP contribution in [0.15, 0.2) is 40.9 Å². The second kappa shape index (κ2) is 5.46. The number of hydrogen-bond donors (Lipinski definition) is 2. The number of amides is 1. The predicted octanol–water partition coefficient (Wildman–Crippen LogP) is 3.59. The Bertz CT molecular complexity index is 721. The second-order valence-electron chi connectivity index (χ2n) is 4.64. The van der Waals surface area contributed by atoms with Crippen molar-refractivity contribution < 1.29 is 13.9 Å². The molecule has 0 radical (unpaired) electrons. The van der Waals surface area contributed by atoms with Crippen molar-refractivity contribution in [3.63, 3.8) is 0 Å². The molecular formula is C15H12BrFN2O2. The van der Waals surface area contributed by atoms with Gasteiger partial charge < -0.3 is 15.4 Å². The standard InChI is InChI=1S/C15H12BrFN2O2/c1-18-14-10-4-3-9(7-12(10)19-15(14)20)21-13-6-8(17)2-5-11(13)16/h2-7,14,18H,1H3,(H,19,20). The lowest BCUT2D eigenvalue weighted by molar-refractivity contribution is -0.117. The van der Waals surface area contributed by atoms with Crippen molar-refractivity contribution in [1.29, 1.82) is 0 Å². The Kier molecular flexibility index (Phi) is 3.65. The summed E-state index contributed by atoms with van der Waals surface area (Å²) < 4.78 is 19.6. The number of rotatable bonds is 3. The predicted molar refractivity (Wildman–Crippen MR) is 81.0 cm³/mol. The summed E-state index contributed by atoms with van der Waals surface area (Å²) >= 11 is 3.31. The molecule has 108 valence electrons. The van der Waals surface area contributed by atoms with Crippen molar-refractivity contribution in [2.45, 2.75) is 6.04 Å². The first-order valence-corrected chi connectivity index (χ1v) is 7.13. The maximum absolute atomic E-state index is 13.3. The Balaban J connectivity index is 1.90. The summed E-state index contributed by atoms with van der Waals surface area (Å²) in [7, 11) is 1.73. The van der Waals surface area contributed by atoms with Gasteiger partial charge in [0.05, 0.1) is 4.47 Å². The van der Waals surface area contributed by atoms with E-state index in [1.165, 1.54) is 12.1 Å². The molecule has 1 amide bonds. The van der Waals surface area contributed by atoms with Crippen LogP contribution in [0.2, 0.25) is 0 Å². The van der Waals surface area contributed by atoms with Crippen LogP contribution in [0.25, 0.3) is 0 Å². The number of benzene rings is 2. The zero-order valence-electron chi connectivity index (χ0n) is 11.1. The fourth-order valence-corrected chi connectivity index (χ4v) is 2.60. The molecule has 0 spiro atoms. The largest absolute Gasteiger partial charge is 0.456 e. The number of likely N-dealkylation sites (N-methyl/N-ethyl adjacent to an activating group) is 1. The molecule has 0 saturated heterocycles. The number of halogens is 2. The van der Waals surface area contributed by atoms with E-state index in [4.69, 9.17) is 4.74 Å². The number of hydrogen-bond acceptors (Lipinski definition) is 3. The molecule has 4 nitrogen and oxygen atoms in total. The van der Waals surface area contributed by atoms with Gasteiger partial charge in [-0.15, -0.1) is 0 Å². The van der Waals surface area contributed by atoms with E-state index in [0.717, 1.165) is 5.56 Å². The van der Waals surface area contributed by atoms with Gasteiger partial charge >= 0.3 is 0 Å². The Morgan fingerprint density at radius 1 is 1.29 bits per heavy atom. The monoisotopic (exact) mass is 350 g/mol. The summed E-state index contributed by atoms with van der Waals surface area (Å²) in [6.07, 6.45) is 0. The molecule has 0 aliphatic carbocycles. The van der Waals surface area contributed by atoms with Crippen molar-refractivity contribution in [1.82, 2.24) is 5.32 Å². The molecule has 1 aliphatic rings. The van der Waals surface area contributed by atoms with E-state index in [9.17, 15) is 9.18 Å². The Labute approximate surface area is 129 Å². The van der Waals surface area contributed by atoms with E-state index in [1.807, 2.05) is 6.07 Å². The lowest BCUT2D eigenvalue weighted by atomic mass is 10.1. The van der Waals surface area contributed by atoms with Gasteiger partial charge in [-0.1, -0.05) is 6.07 Å². The summed E-state index contributed by atoms with van der Waals surface area (Å²) in [5.74, 6) is 0.427. The first kappa shape index (κ1) is 14.0. The molecule has 1 heterocycles. The average molecular weight is 351 g/mol. The zero-order chi connectivity index (χ0) is 15.0. The maximum atomic E-state index is 13.3. The van der Waals surface area contributed by atoms with Gasteiger partial charge in [0.15, 0.2) is 0 Å². The molecule has 3 rings (SSSR count). The van der Waals surface area contributed by atoms with Crippen molar-refractivity contribution in [3.8, 4) is 11.5 Å². The minimum atomic E-state index is -0.377. The average Bonchev–Trinajstić information content (AvgIpc) is 2.77. The van der Waals surface area contributed by atoms with Crippen molar-refractivity contribution in [3.05, 3.63) is 52.3 Å². The van der Waals surface area contributed by atoms with Crippen molar-refractivity contribution >= 4 is 27.5 Å². The van der Waals surface area contributed by atoms with Crippen molar-refractivity contribution in [2.75, 3.05) is 12.4 Å². The molecule has 2 N–H and O–H groups in total. The fraction of sp³-hybridized carbons (Fsp3) is 0.133. The Hall–Kier alpha value is -1.92. The van der Waals surface area contributed by atoms with Crippen LogP contribution in [0.3, 0.4) is 0 Å². The highest BCUT2D eigenvalue weighted by Crippen LogP contribution is 2.36. The van der Waals surface area contributed by atoms with E-state index in [1.54, 1.807) is 25.2 Å². The van der Waals surface area contributed by atoms with Gasteiger partial charge in [-0.2, -0.15) is 0 Å². The van der Waals surface area contributed by atoms with Crippen LogP contribution in [0, 0.1) is 5.82 Å². The lowest BCUT2D eigenvalue weighted by Gasteiger charge is -2.10. The molecule has 2 aromatic carbocycles. The first-order chi connectivity index (χ1) is 10.1. The number of carbonyl (C=O) groups is 1. The van der Waals surface area contributed by atoms with Gasteiger partial charge in [-0.05, 0) is 41.2 Å². The summed E-state index contributed by atoms with van der Waals surface area (Å²) in [6.45, 7) is 0. The number of anilines is 1. The quantitative estimate of drug-likeness (QED) is 0.889. The highest BCUT2D eigenvalue weighted by molar-refractivity contribution is 9.10. The van der Waals surface area contributed by atoms with Gasteiger partial charge in [-0.25, -0.2) is 4.39 Å². The molecule has 0 fully saturated rings. The molecule has 0 bridgehead atoms. The van der Waals surface area contributed by atoms with Crippen LogP contribution >= 0.6 is 15.9 Å². The van der Waals surface area contributed by atoms with E-state index >= 15 is 0 Å². The third kappa shape index (κ3) is 2.64. The lowest BCUT2D eigenvalue weighted by Crippen LogP contribution is -2.23. The third-order valence-corrected chi connectivity index (χ3v) is 3.92. The van der Waals surface area contributed by atoms with Crippen LogP contribution in [0.1, 0.15) is 11.6 Å². The number of fused-ring (bicyclic) bond motifs is 1. The molecule has 1 atom stereocenters. The molecule has 2 aromatic rings. The van der Waals surface area contributed by atoms with Gasteiger partial charge in [0.25, 0.3) is 0 Å². The van der Waals surface area contributed by atoms with E-state index in [-0.39, 0.29) is 17.8 Å². The molecule has 1 aliphatic heterocycles. The molecule has 1 unspecified atom stereocenters. The van der Waals surface area contributed by atoms with Gasteiger partial charge in [0, 0.05) is 23.4 Å². The van der Waals surface area contributed by atoms with E-state index in [2.05, 4.69) is 26.6 Å². The smallest absolute Gasteiger partial charge is 0.246 e. The minimum Gasteiger partial charge on any atom is -0.456 e. The zero-order valence-corrected chi connectivity index (χ0v) is 12.7. The summed E-state index contributed by atoms with van der Waals surface area (Å²) in [6, 6.07) is 9.16. The summed E-state index contributed by atoms with van der Waals surface area (Å²) in [4.78, 5) is 11.8. The highest BCUT2D eigenvalue weighted by atomic mass is 79.9. The van der Waals surface area contributed by atoms with Crippen molar-refractivity contribution in [2.24, 2.45) is 0 Å². The van der Waals surface area contributed by atoms with Gasteiger partial charge in [-0.3, -0.25) is 4.79 Å². The molecule has 0 saturated carbocycles. The van der Waals surface area contributed by atoms with Gasteiger partial charge in [0.1, 0.15) is 23.4 Å². The second-order valence-corrected chi connectivity index (χ2v) is 5.49. The summed E-state index contributed by atoms with van der Waals surface area (Å²) in [5.41, 5.74) is 1.57. The number of carbonyl (C=O) groups excluding carboxylic acids is 1. The molecule has 21 heavy (non-hydrogen) atoms.